The van der Waals surface area contributed by atoms with Crippen molar-refractivity contribution in [2.24, 2.45) is 0 Å². The predicted molar refractivity (Wildman–Crippen MR) is 55.6 cm³/mol. The second-order valence-electron chi connectivity index (χ2n) is 3.12. The van der Waals surface area contributed by atoms with Gasteiger partial charge in [-0.1, -0.05) is 0 Å². The average molecular weight is 216 g/mol. The van der Waals surface area contributed by atoms with Crippen molar-refractivity contribution in [2.45, 2.75) is 24.8 Å². The monoisotopic (exact) mass is 216 g/mol. The summed E-state index contributed by atoms with van der Waals surface area (Å²) in [5.74, 6) is -0.250. The van der Waals surface area contributed by atoms with E-state index >= 15 is 0 Å². The van der Waals surface area contributed by atoms with Crippen molar-refractivity contribution in [1.82, 2.24) is 0 Å². The van der Waals surface area contributed by atoms with E-state index in [2.05, 4.69) is 0 Å². The number of hydrogen-bond donors (Lipinski definition) is 1. The molecular weight excluding hydrogens is 203 g/mol. The third-order valence-electron chi connectivity index (χ3n) is 1.57. The minimum Gasteiger partial charge on any atom is -0.504 e. The Hall–Kier alpha value is -0.900. The Morgan fingerprint density at radius 2 is 2.07 bits per heavy atom. The normalized spacial score (nSPS) is 10.6. The molecule has 1 aromatic carbocycles. The number of rotatable bonds is 3. The van der Waals surface area contributed by atoms with Crippen molar-refractivity contribution in [3.8, 4) is 11.5 Å². The first-order valence-corrected chi connectivity index (χ1v) is 5.50. The number of thioether (sulfide) groups is 1. The van der Waals surface area contributed by atoms with Crippen LogP contribution in [0.1, 0.15) is 13.8 Å². The van der Waals surface area contributed by atoms with E-state index in [-0.39, 0.29) is 11.9 Å². The molecule has 0 saturated heterocycles. The van der Waals surface area contributed by atoms with E-state index in [4.69, 9.17) is 4.74 Å². The van der Waals surface area contributed by atoms with Gasteiger partial charge in [-0.3, -0.25) is 0 Å². The zero-order chi connectivity index (χ0) is 10.7. The van der Waals surface area contributed by atoms with Crippen LogP contribution in [0.2, 0.25) is 0 Å². The first-order valence-electron chi connectivity index (χ1n) is 4.27. The SMILES string of the molecule is CSc1cc(F)cc(O)c1OC(C)C. The fourth-order valence-electron chi connectivity index (χ4n) is 1.06. The smallest absolute Gasteiger partial charge is 0.175 e. The molecule has 0 heterocycles. The summed E-state index contributed by atoms with van der Waals surface area (Å²) in [5.41, 5.74) is 0. The molecule has 1 aromatic rings. The van der Waals surface area contributed by atoms with Gasteiger partial charge in [0, 0.05) is 6.07 Å². The third-order valence-corrected chi connectivity index (χ3v) is 2.32. The number of phenols is 1. The molecule has 0 aliphatic heterocycles. The summed E-state index contributed by atoms with van der Waals surface area (Å²) in [4.78, 5) is 0.608. The third kappa shape index (κ3) is 2.54. The molecule has 0 fully saturated rings. The summed E-state index contributed by atoms with van der Waals surface area (Å²) >= 11 is 1.34. The molecule has 0 aliphatic rings. The van der Waals surface area contributed by atoms with Gasteiger partial charge in [-0.05, 0) is 26.2 Å². The summed E-state index contributed by atoms with van der Waals surface area (Å²) in [6.45, 7) is 3.71. The van der Waals surface area contributed by atoms with Gasteiger partial charge in [0.1, 0.15) is 5.82 Å². The van der Waals surface area contributed by atoms with Crippen LogP contribution in [-0.4, -0.2) is 17.5 Å². The molecule has 1 N–H and O–H groups in total. The van der Waals surface area contributed by atoms with Gasteiger partial charge < -0.3 is 9.84 Å². The lowest BCUT2D eigenvalue weighted by atomic mass is 10.3. The quantitative estimate of drug-likeness (QED) is 0.787. The van der Waals surface area contributed by atoms with E-state index in [0.717, 1.165) is 6.07 Å². The summed E-state index contributed by atoms with van der Waals surface area (Å²) in [6.07, 6.45) is 1.76. The lowest BCUT2D eigenvalue weighted by Gasteiger charge is -2.14. The summed E-state index contributed by atoms with van der Waals surface area (Å²) in [6, 6.07) is 2.40. The highest BCUT2D eigenvalue weighted by Crippen LogP contribution is 2.37. The topological polar surface area (TPSA) is 29.5 Å². The molecule has 0 spiro atoms. The number of halogens is 1. The van der Waals surface area contributed by atoms with Crippen LogP contribution in [0.25, 0.3) is 0 Å². The van der Waals surface area contributed by atoms with E-state index < -0.39 is 5.82 Å². The maximum atomic E-state index is 12.9. The molecule has 4 heteroatoms. The van der Waals surface area contributed by atoms with Crippen molar-refractivity contribution >= 4 is 11.8 Å². The van der Waals surface area contributed by atoms with Gasteiger partial charge in [-0.2, -0.15) is 0 Å². The van der Waals surface area contributed by atoms with E-state index in [0.29, 0.717) is 10.6 Å². The van der Waals surface area contributed by atoms with Crippen LogP contribution in [0.3, 0.4) is 0 Å². The van der Waals surface area contributed by atoms with Crippen molar-refractivity contribution in [1.29, 1.82) is 0 Å². The zero-order valence-corrected chi connectivity index (χ0v) is 9.19. The summed E-state index contributed by atoms with van der Waals surface area (Å²) in [5, 5.41) is 9.47. The van der Waals surface area contributed by atoms with Gasteiger partial charge in [-0.25, -0.2) is 4.39 Å². The molecule has 78 valence electrons. The first-order chi connectivity index (χ1) is 6.54. The maximum absolute atomic E-state index is 12.9. The molecule has 0 amide bonds. The minimum absolute atomic E-state index is 0.0442. The van der Waals surface area contributed by atoms with Gasteiger partial charge in [0.05, 0.1) is 11.0 Å². The van der Waals surface area contributed by atoms with E-state index in [9.17, 15) is 9.50 Å². The lowest BCUT2D eigenvalue weighted by molar-refractivity contribution is 0.225. The standard InChI is InChI=1S/C10H13FO2S/c1-6(2)13-10-8(12)4-7(11)5-9(10)14-3/h4-6,12H,1-3H3. The predicted octanol–water partition coefficient (Wildman–Crippen LogP) is 3.04. The number of benzene rings is 1. The minimum atomic E-state index is -0.456. The Morgan fingerprint density at radius 3 is 2.57 bits per heavy atom. The molecule has 0 aliphatic carbocycles. The molecule has 0 bridgehead atoms. The maximum Gasteiger partial charge on any atom is 0.175 e. The highest BCUT2D eigenvalue weighted by Gasteiger charge is 2.12. The van der Waals surface area contributed by atoms with Crippen molar-refractivity contribution < 1.29 is 14.2 Å². The number of phenolic OH excluding ortho intramolecular Hbond substituents is 1. The Bertz CT molecular complexity index is 326. The van der Waals surface area contributed by atoms with Crippen LogP contribution in [0.4, 0.5) is 4.39 Å². The lowest BCUT2D eigenvalue weighted by Crippen LogP contribution is -2.06. The molecule has 14 heavy (non-hydrogen) atoms. The Balaban J connectivity index is 3.11. The van der Waals surface area contributed by atoms with Gasteiger partial charge in [0.15, 0.2) is 11.5 Å². The van der Waals surface area contributed by atoms with Crippen LogP contribution in [0.15, 0.2) is 17.0 Å². The molecule has 0 radical (unpaired) electrons. The van der Waals surface area contributed by atoms with Gasteiger partial charge in [0.2, 0.25) is 0 Å². The molecule has 0 aromatic heterocycles. The van der Waals surface area contributed by atoms with E-state index in [1.807, 2.05) is 13.8 Å². The number of aromatic hydroxyl groups is 1. The van der Waals surface area contributed by atoms with Gasteiger partial charge >= 0.3 is 0 Å². The molecule has 1 rings (SSSR count). The largest absolute Gasteiger partial charge is 0.504 e. The summed E-state index contributed by atoms with van der Waals surface area (Å²) in [7, 11) is 0. The fraction of sp³-hybridized carbons (Fsp3) is 0.400. The van der Waals surface area contributed by atoms with Crippen LogP contribution in [0.5, 0.6) is 11.5 Å². The second-order valence-corrected chi connectivity index (χ2v) is 3.97. The Morgan fingerprint density at radius 1 is 1.43 bits per heavy atom. The van der Waals surface area contributed by atoms with Crippen LogP contribution in [-0.2, 0) is 0 Å². The van der Waals surface area contributed by atoms with Crippen LogP contribution in [0, 0.1) is 5.82 Å². The Kier molecular flexibility index (Phi) is 3.63. The molecule has 0 atom stereocenters. The fourth-order valence-corrected chi connectivity index (χ4v) is 1.63. The highest BCUT2D eigenvalue weighted by atomic mass is 32.2. The number of ether oxygens (including phenoxy) is 1. The molecule has 0 unspecified atom stereocenters. The van der Waals surface area contributed by atoms with Crippen molar-refractivity contribution in [2.75, 3.05) is 6.26 Å². The van der Waals surface area contributed by atoms with Crippen LogP contribution >= 0.6 is 11.8 Å². The van der Waals surface area contributed by atoms with Gasteiger partial charge in [-0.15, -0.1) is 11.8 Å². The molecule has 2 nitrogen and oxygen atoms in total. The van der Waals surface area contributed by atoms with Crippen molar-refractivity contribution in [3.63, 3.8) is 0 Å². The van der Waals surface area contributed by atoms with Crippen LogP contribution < -0.4 is 4.74 Å². The van der Waals surface area contributed by atoms with E-state index in [1.54, 1.807) is 6.26 Å². The van der Waals surface area contributed by atoms with Crippen molar-refractivity contribution in [3.05, 3.63) is 17.9 Å². The summed E-state index contributed by atoms with van der Waals surface area (Å²) < 4.78 is 18.3. The zero-order valence-electron chi connectivity index (χ0n) is 8.37. The van der Waals surface area contributed by atoms with E-state index in [1.165, 1.54) is 17.8 Å². The number of hydrogen-bond acceptors (Lipinski definition) is 3. The first kappa shape index (κ1) is 11.2. The molecular formula is C10H13FO2S. The highest BCUT2D eigenvalue weighted by molar-refractivity contribution is 7.98. The Labute approximate surface area is 87.1 Å². The average Bonchev–Trinajstić information content (AvgIpc) is 2.08. The second kappa shape index (κ2) is 4.55. The molecule has 0 saturated carbocycles. The van der Waals surface area contributed by atoms with Gasteiger partial charge in [0.25, 0.3) is 0 Å².